The van der Waals surface area contributed by atoms with Gasteiger partial charge in [0.25, 0.3) is 5.56 Å². The van der Waals surface area contributed by atoms with Gasteiger partial charge in [0.05, 0.1) is 5.39 Å². The smallest absolute Gasteiger partial charge is 0.298 e. The maximum atomic E-state index is 11.5. The van der Waals surface area contributed by atoms with Gasteiger partial charge in [-0.2, -0.15) is 0 Å². The van der Waals surface area contributed by atoms with Crippen LogP contribution in [0.4, 0.5) is 0 Å². The monoisotopic (exact) mass is 210 g/mol. The van der Waals surface area contributed by atoms with Gasteiger partial charge in [0.2, 0.25) is 0 Å². The molecule has 74 valence electrons. The van der Waals surface area contributed by atoms with Gasteiger partial charge < -0.3 is 0 Å². The van der Waals surface area contributed by atoms with Gasteiger partial charge in [0.1, 0.15) is 4.83 Å². The molecule has 14 heavy (non-hydrogen) atoms. The van der Waals surface area contributed by atoms with Crippen molar-refractivity contribution in [3.63, 3.8) is 0 Å². The van der Waals surface area contributed by atoms with E-state index in [9.17, 15) is 9.59 Å². The number of hydrogen-bond acceptors (Lipinski definition) is 3. The van der Waals surface area contributed by atoms with Gasteiger partial charge in [0.15, 0.2) is 0 Å². The SMILES string of the molecule is CCc1sc2[nH]c(=O)[nH]c(=O)c2c1C. The Balaban J connectivity index is 3.00. The number of aryl methyl sites for hydroxylation is 2. The van der Waals surface area contributed by atoms with Crippen molar-refractivity contribution in [2.75, 3.05) is 0 Å². The Bertz CT molecular complexity index is 591. The van der Waals surface area contributed by atoms with Gasteiger partial charge in [-0.15, -0.1) is 11.3 Å². The summed E-state index contributed by atoms with van der Waals surface area (Å²) in [4.78, 5) is 29.2. The van der Waals surface area contributed by atoms with Crippen LogP contribution in [-0.4, -0.2) is 9.97 Å². The number of aromatic amines is 2. The third-order valence-corrected chi connectivity index (χ3v) is 3.60. The lowest BCUT2D eigenvalue weighted by atomic mass is 10.2. The fourth-order valence-electron chi connectivity index (χ4n) is 1.56. The quantitative estimate of drug-likeness (QED) is 0.741. The highest BCUT2D eigenvalue weighted by molar-refractivity contribution is 7.18. The molecule has 2 rings (SSSR count). The summed E-state index contributed by atoms with van der Waals surface area (Å²) in [5, 5.41) is 0.617. The van der Waals surface area contributed by atoms with Gasteiger partial charge in [-0.05, 0) is 18.9 Å². The highest BCUT2D eigenvalue weighted by Crippen LogP contribution is 2.25. The van der Waals surface area contributed by atoms with Gasteiger partial charge in [0, 0.05) is 4.88 Å². The average Bonchev–Trinajstić information content (AvgIpc) is 2.42. The maximum Gasteiger partial charge on any atom is 0.326 e. The first-order valence-corrected chi connectivity index (χ1v) is 5.19. The molecule has 0 aliphatic carbocycles. The number of rotatable bonds is 1. The first-order valence-electron chi connectivity index (χ1n) is 4.38. The Labute approximate surface area is 83.6 Å². The number of H-pyrrole nitrogens is 2. The van der Waals surface area contributed by atoms with Crippen LogP contribution in [0, 0.1) is 6.92 Å². The maximum absolute atomic E-state index is 11.5. The number of thiophene rings is 1. The molecule has 2 heterocycles. The van der Waals surface area contributed by atoms with Crippen LogP contribution in [0.3, 0.4) is 0 Å². The molecule has 0 spiro atoms. The average molecular weight is 210 g/mol. The van der Waals surface area contributed by atoms with Crippen molar-refractivity contribution in [2.45, 2.75) is 20.3 Å². The van der Waals surface area contributed by atoms with E-state index < -0.39 is 5.69 Å². The first kappa shape index (κ1) is 9.21. The van der Waals surface area contributed by atoms with Crippen molar-refractivity contribution in [3.8, 4) is 0 Å². The summed E-state index contributed by atoms with van der Waals surface area (Å²) in [5.41, 5.74) is 0.244. The van der Waals surface area contributed by atoms with Gasteiger partial charge in [-0.3, -0.25) is 14.8 Å². The minimum Gasteiger partial charge on any atom is -0.298 e. The van der Waals surface area contributed by atoms with Crippen molar-refractivity contribution in [1.29, 1.82) is 0 Å². The van der Waals surface area contributed by atoms with E-state index in [1.54, 1.807) is 0 Å². The number of fused-ring (bicyclic) bond motifs is 1. The highest BCUT2D eigenvalue weighted by atomic mass is 32.1. The lowest BCUT2D eigenvalue weighted by Crippen LogP contribution is -2.21. The molecule has 2 aromatic heterocycles. The van der Waals surface area contributed by atoms with Crippen molar-refractivity contribution in [2.24, 2.45) is 0 Å². The lowest BCUT2D eigenvalue weighted by molar-refractivity contribution is 1.08. The molecule has 0 atom stereocenters. The fourth-order valence-corrected chi connectivity index (χ4v) is 2.70. The van der Waals surface area contributed by atoms with Crippen LogP contribution < -0.4 is 11.2 Å². The molecule has 2 aromatic rings. The molecule has 0 aliphatic heterocycles. The number of hydrogen-bond donors (Lipinski definition) is 2. The number of nitrogens with one attached hydrogen (secondary N) is 2. The van der Waals surface area contributed by atoms with Crippen LogP contribution in [0.5, 0.6) is 0 Å². The Morgan fingerprint density at radius 1 is 1.29 bits per heavy atom. The summed E-state index contributed by atoms with van der Waals surface area (Å²) in [5.74, 6) is 0. The Kier molecular flexibility index (Phi) is 2.03. The molecule has 0 radical (unpaired) electrons. The largest absolute Gasteiger partial charge is 0.326 e. The molecule has 0 amide bonds. The summed E-state index contributed by atoms with van der Waals surface area (Å²) in [6.07, 6.45) is 0.882. The zero-order valence-corrected chi connectivity index (χ0v) is 8.75. The molecule has 2 N–H and O–H groups in total. The second-order valence-corrected chi connectivity index (χ2v) is 4.22. The van der Waals surface area contributed by atoms with E-state index in [4.69, 9.17) is 0 Å². The van der Waals surface area contributed by atoms with Gasteiger partial charge in [-0.25, -0.2) is 4.79 Å². The molecular weight excluding hydrogens is 200 g/mol. The molecule has 5 heteroatoms. The molecular formula is C9H10N2O2S. The number of aromatic nitrogens is 2. The Morgan fingerprint density at radius 3 is 2.64 bits per heavy atom. The van der Waals surface area contributed by atoms with E-state index in [1.165, 1.54) is 11.3 Å². The third kappa shape index (κ3) is 1.21. The van der Waals surface area contributed by atoms with Gasteiger partial charge >= 0.3 is 5.69 Å². The standard InChI is InChI=1S/C9H10N2O2S/c1-3-5-4(2)6-7(12)10-9(13)11-8(6)14-5/h3H2,1-2H3,(H2,10,11,12,13). The molecule has 0 aliphatic rings. The molecule has 0 saturated heterocycles. The zero-order chi connectivity index (χ0) is 10.3. The third-order valence-electron chi connectivity index (χ3n) is 2.25. The molecule has 0 bridgehead atoms. The van der Waals surface area contributed by atoms with E-state index in [0.29, 0.717) is 10.2 Å². The van der Waals surface area contributed by atoms with Crippen molar-refractivity contribution in [1.82, 2.24) is 9.97 Å². The summed E-state index contributed by atoms with van der Waals surface area (Å²) < 4.78 is 0. The first-order chi connectivity index (χ1) is 6.63. The predicted octanol–water partition coefficient (Wildman–Crippen LogP) is 1.15. The summed E-state index contributed by atoms with van der Waals surface area (Å²) in [7, 11) is 0. The molecule has 4 nitrogen and oxygen atoms in total. The van der Waals surface area contributed by atoms with E-state index in [0.717, 1.165) is 16.9 Å². The van der Waals surface area contributed by atoms with Crippen LogP contribution in [0.1, 0.15) is 17.4 Å². The second-order valence-electron chi connectivity index (χ2n) is 3.12. The van der Waals surface area contributed by atoms with E-state index in [2.05, 4.69) is 9.97 Å². The summed E-state index contributed by atoms with van der Waals surface area (Å²) in [6, 6.07) is 0. The van der Waals surface area contributed by atoms with Crippen LogP contribution in [0.15, 0.2) is 9.59 Å². The van der Waals surface area contributed by atoms with E-state index in [-0.39, 0.29) is 5.56 Å². The van der Waals surface area contributed by atoms with Crippen LogP contribution in [0.2, 0.25) is 0 Å². The van der Waals surface area contributed by atoms with E-state index >= 15 is 0 Å². The Morgan fingerprint density at radius 2 is 2.00 bits per heavy atom. The second kappa shape index (κ2) is 3.09. The predicted molar refractivity (Wildman–Crippen MR) is 57.2 cm³/mol. The topological polar surface area (TPSA) is 65.7 Å². The lowest BCUT2D eigenvalue weighted by Gasteiger charge is -1.90. The minimum atomic E-state index is -0.439. The van der Waals surface area contributed by atoms with Gasteiger partial charge in [-0.1, -0.05) is 6.92 Å². The molecule has 0 fully saturated rings. The molecule has 0 aromatic carbocycles. The normalized spacial score (nSPS) is 11.0. The minimum absolute atomic E-state index is 0.294. The fraction of sp³-hybridized carbons (Fsp3) is 0.333. The van der Waals surface area contributed by atoms with Crippen LogP contribution >= 0.6 is 11.3 Å². The van der Waals surface area contributed by atoms with E-state index in [1.807, 2.05) is 13.8 Å². The van der Waals surface area contributed by atoms with Crippen molar-refractivity contribution >= 4 is 21.6 Å². The zero-order valence-electron chi connectivity index (χ0n) is 7.93. The van der Waals surface area contributed by atoms with Crippen molar-refractivity contribution in [3.05, 3.63) is 31.3 Å². The molecule has 0 unspecified atom stereocenters. The summed E-state index contributed by atoms with van der Waals surface area (Å²) in [6.45, 7) is 3.94. The Hall–Kier alpha value is -1.36. The highest BCUT2D eigenvalue weighted by Gasteiger charge is 2.10. The van der Waals surface area contributed by atoms with Crippen molar-refractivity contribution < 1.29 is 0 Å². The molecule has 0 saturated carbocycles. The van der Waals surface area contributed by atoms with Crippen LogP contribution in [0.25, 0.3) is 10.2 Å². The van der Waals surface area contributed by atoms with Crippen LogP contribution in [-0.2, 0) is 6.42 Å². The summed E-state index contributed by atoms with van der Waals surface area (Å²) >= 11 is 1.48.